The summed E-state index contributed by atoms with van der Waals surface area (Å²) in [6.07, 6.45) is 12.0. The third-order valence-electron chi connectivity index (χ3n) is 3.40. The first-order chi connectivity index (χ1) is 14.5. The van der Waals surface area contributed by atoms with Gasteiger partial charge in [0.05, 0.1) is 23.8 Å². The maximum atomic E-state index is 10.1. The summed E-state index contributed by atoms with van der Waals surface area (Å²) in [6, 6.07) is 12.8. The molecular formula is C22H24CoN4O4. The van der Waals surface area contributed by atoms with Crippen molar-refractivity contribution in [3.63, 3.8) is 0 Å². The molecule has 0 bridgehead atoms. The van der Waals surface area contributed by atoms with Crippen LogP contribution in [0.2, 0.25) is 0 Å². The third-order valence-corrected chi connectivity index (χ3v) is 3.40. The second-order valence-corrected chi connectivity index (χ2v) is 5.81. The van der Waals surface area contributed by atoms with Crippen LogP contribution in [0.4, 0.5) is 0 Å². The largest absolute Gasteiger partial charge is 0.507 e. The van der Waals surface area contributed by atoms with E-state index in [1.54, 1.807) is 61.4 Å². The summed E-state index contributed by atoms with van der Waals surface area (Å²) >= 11 is 0. The number of benzene rings is 2. The van der Waals surface area contributed by atoms with Crippen molar-refractivity contribution in [2.45, 2.75) is 0 Å². The van der Waals surface area contributed by atoms with Gasteiger partial charge >= 0.3 is 0 Å². The Labute approximate surface area is 191 Å². The van der Waals surface area contributed by atoms with Gasteiger partial charge in [-0.05, 0) is 24.3 Å². The predicted octanol–water partition coefficient (Wildman–Crippen LogP) is 3.25. The molecule has 4 aromatic rings. The molecule has 2 N–H and O–H groups in total. The molecule has 2 aromatic heterocycles. The first-order valence-electron chi connectivity index (χ1n) is 8.78. The molecule has 0 atom stereocenters. The molecule has 0 fully saturated rings. The number of phenolic OH excluding ortho intramolecular Hbond substituents is 2. The number of aromatic nitrogens is 4. The van der Waals surface area contributed by atoms with Crippen LogP contribution in [0.25, 0.3) is 0 Å². The molecule has 31 heavy (non-hydrogen) atoms. The van der Waals surface area contributed by atoms with Crippen molar-refractivity contribution in [1.29, 1.82) is 0 Å². The van der Waals surface area contributed by atoms with Crippen LogP contribution >= 0.6 is 0 Å². The van der Waals surface area contributed by atoms with Gasteiger partial charge in [0.15, 0.2) is 12.6 Å². The number of carbonyl (C=O) groups excluding carboxylic acids is 2. The van der Waals surface area contributed by atoms with E-state index in [1.165, 1.54) is 12.1 Å². The quantitative estimate of drug-likeness (QED) is 0.438. The third kappa shape index (κ3) is 11.8. The maximum Gasteiger partial charge on any atom is 0.153 e. The molecule has 0 saturated heterocycles. The maximum absolute atomic E-state index is 10.1. The van der Waals surface area contributed by atoms with Crippen molar-refractivity contribution in [2.75, 3.05) is 0 Å². The number of para-hydroxylation sites is 2. The van der Waals surface area contributed by atoms with Gasteiger partial charge in [0.1, 0.15) is 11.5 Å². The van der Waals surface area contributed by atoms with Gasteiger partial charge in [-0.25, -0.2) is 9.97 Å². The van der Waals surface area contributed by atoms with Gasteiger partial charge in [-0.15, -0.1) is 0 Å². The number of carbonyl (C=O) groups is 2. The smallest absolute Gasteiger partial charge is 0.153 e. The van der Waals surface area contributed by atoms with Crippen molar-refractivity contribution in [3.8, 4) is 11.5 Å². The number of aldehydes is 2. The number of rotatable bonds is 2. The number of aryl methyl sites for hydroxylation is 2. The number of imidazole rings is 2. The molecule has 0 aliphatic heterocycles. The molecule has 2 aromatic carbocycles. The Kier molecular flexibility index (Phi) is 14.2. The van der Waals surface area contributed by atoms with E-state index in [1.807, 2.05) is 35.6 Å². The van der Waals surface area contributed by atoms with E-state index in [4.69, 9.17) is 10.2 Å². The summed E-state index contributed by atoms with van der Waals surface area (Å²) in [4.78, 5) is 27.7. The van der Waals surface area contributed by atoms with Gasteiger partial charge in [-0.2, -0.15) is 0 Å². The van der Waals surface area contributed by atoms with Crippen molar-refractivity contribution in [3.05, 3.63) is 97.1 Å². The fourth-order valence-electron chi connectivity index (χ4n) is 1.83. The average molecular weight is 467 g/mol. The second-order valence-electron chi connectivity index (χ2n) is 5.81. The normalized spacial score (nSPS) is 8.58. The number of aromatic hydroxyl groups is 2. The SMILES string of the molecule is Cn1ccnc1.Cn1ccnc1.O=Cc1ccccc1O.O=Cc1ccccc1O.[Co]. The summed E-state index contributed by atoms with van der Waals surface area (Å²) in [5.41, 5.74) is 0.662. The molecule has 0 saturated carbocycles. The molecule has 1 radical (unpaired) electrons. The van der Waals surface area contributed by atoms with Crippen molar-refractivity contribution < 1.29 is 36.6 Å². The van der Waals surface area contributed by atoms with E-state index >= 15 is 0 Å². The fourth-order valence-corrected chi connectivity index (χ4v) is 1.83. The second kappa shape index (κ2) is 16.1. The van der Waals surface area contributed by atoms with Gasteiger partial charge in [0.2, 0.25) is 0 Å². The van der Waals surface area contributed by atoms with Gasteiger partial charge < -0.3 is 19.3 Å². The number of nitrogens with zero attached hydrogens (tertiary/aromatic N) is 4. The minimum absolute atomic E-state index is 0. The van der Waals surface area contributed by atoms with Crippen LogP contribution in [0.5, 0.6) is 11.5 Å². The minimum atomic E-state index is 0. The van der Waals surface area contributed by atoms with E-state index in [0.717, 1.165) is 0 Å². The molecule has 165 valence electrons. The standard InChI is InChI=1S/2C7H6O2.2C4H6N2.Co/c2*8-5-6-3-1-2-4-7(6)9;2*1-6-3-2-5-4-6;/h2*1-5,9H;2*2-4H,1H3;. The Morgan fingerprint density at radius 3 is 1.23 bits per heavy atom. The fraction of sp³-hybridized carbons (Fsp3) is 0.0909. The van der Waals surface area contributed by atoms with Crippen LogP contribution in [-0.4, -0.2) is 41.9 Å². The van der Waals surface area contributed by atoms with Gasteiger partial charge in [-0.1, -0.05) is 24.3 Å². The van der Waals surface area contributed by atoms with E-state index in [0.29, 0.717) is 23.7 Å². The van der Waals surface area contributed by atoms with Crippen LogP contribution in [0.3, 0.4) is 0 Å². The van der Waals surface area contributed by atoms with E-state index in [9.17, 15) is 9.59 Å². The zero-order valence-electron chi connectivity index (χ0n) is 17.1. The van der Waals surface area contributed by atoms with E-state index < -0.39 is 0 Å². The molecular weight excluding hydrogens is 443 g/mol. The summed E-state index contributed by atoms with van der Waals surface area (Å²) in [6.45, 7) is 0. The minimum Gasteiger partial charge on any atom is -0.507 e. The summed E-state index contributed by atoms with van der Waals surface area (Å²) < 4.78 is 3.78. The van der Waals surface area contributed by atoms with Gasteiger partial charge in [0.25, 0.3) is 0 Å². The van der Waals surface area contributed by atoms with E-state index in [2.05, 4.69) is 9.97 Å². The summed E-state index contributed by atoms with van der Waals surface area (Å²) in [5, 5.41) is 17.8. The van der Waals surface area contributed by atoms with Gasteiger partial charge in [-0.3, -0.25) is 9.59 Å². The van der Waals surface area contributed by atoms with Gasteiger partial charge in [0, 0.05) is 55.7 Å². The Morgan fingerprint density at radius 2 is 1.06 bits per heavy atom. The molecule has 0 aliphatic carbocycles. The molecule has 0 spiro atoms. The summed E-state index contributed by atoms with van der Waals surface area (Å²) in [5.74, 6) is 0.0694. The predicted molar refractivity (Wildman–Crippen MR) is 113 cm³/mol. The van der Waals surface area contributed by atoms with Crippen molar-refractivity contribution >= 4 is 12.6 Å². The molecule has 0 aliphatic rings. The average Bonchev–Trinajstić information content (AvgIpc) is 3.43. The number of hydrogen-bond donors (Lipinski definition) is 2. The number of phenols is 2. The molecule has 4 rings (SSSR count). The molecule has 2 heterocycles. The molecule has 0 amide bonds. The number of hydrogen-bond acceptors (Lipinski definition) is 6. The Morgan fingerprint density at radius 1 is 0.710 bits per heavy atom. The topological polar surface area (TPSA) is 110 Å². The summed E-state index contributed by atoms with van der Waals surface area (Å²) in [7, 11) is 3.88. The van der Waals surface area contributed by atoms with Crippen LogP contribution in [0.15, 0.2) is 86.0 Å². The van der Waals surface area contributed by atoms with Crippen LogP contribution in [0, 0.1) is 0 Å². The Bertz CT molecular complexity index is 909. The zero-order chi connectivity index (χ0) is 22.2. The van der Waals surface area contributed by atoms with Crippen LogP contribution in [0.1, 0.15) is 20.7 Å². The van der Waals surface area contributed by atoms with Crippen molar-refractivity contribution in [2.24, 2.45) is 14.1 Å². The molecule has 8 nitrogen and oxygen atoms in total. The Balaban J connectivity index is 0.000000389. The first kappa shape index (κ1) is 27.3. The molecule has 0 unspecified atom stereocenters. The van der Waals surface area contributed by atoms with Crippen molar-refractivity contribution in [1.82, 2.24) is 19.1 Å². The molecule has 9 heteroatoms. The first-order valence-corrected chi connectivity index (χ1v) is 8.78. The van der Waals surface area contributed by atoms with Crippen LogP contribution in [-0.2, 0) is 30.9 Å². The monoisotopic (exact) mass is 467 g/mol. The zero-order valence-corrected chi connectivity index (χ0v) is 18.1. The van der Waals surface area contributed by atoms with Crippen LogP contribution < -0.4 is 0 Å². The van der Waals surface area contributed by atoms with E-state index in [-0.39, 0.29) is 28.3 Å². The Hall–Kier alpha value is -3.69.